The molecule has 0 radical (unpaired) electrons. The van der Waals surface area contributed by atoms with Crippen LogP contribution in [0.4, 0.5) is 11.4 Å². The third kappa shape index (κ3) is 3.66. The van der Waals surface area contributed by atoms with Gasteiger partial charge in [0.2, 0.25) is 10.0 Å². The Morgan fingerprint density at radius 1 is 1.18 bits per heavy atom. The second-order valence-corrected chi connectivity index (χ2v) is 9.92. The molecule has 0 bridgehead atoms. The van der Waals surface area contributed by atoms with Gasteiger partial charge < -0.3 is 0 Å². The molecule has 28 heavy (non-hydrogen) atoms. The number of rotatable bonds is 3. The van der Waals surface area contributed by atoms with Crippen LogP contribution in [0.5, 0.6) is 0 Å². The van der Waals surface area contributed by atoms with Crippen molar-refractivity contribution in [2.75, 3.05) is 22.9 Å². The van der Waals surface area contributed by atoms with Crippen molar-refractivity contribution < 1.29 is 8.42 Å². The van der Waals surface area contributed by atoms with E-state index < -0.39 is 10.0 Å². The number of fused-ring (bicyclic) bond motifs is 1. The first-order valence-electron chi connectivity index (χ1n) is 9.04. The van der Waals surface area contributed by atoms with E-state index in [0.717, 1.165) is 50.9 Å². The fraction of sp³-hybridized carbons (Fsp3) is 0.300. The summed E-state index contributed by atoms with van der Waals surface area (Å²) < 4.78 is 25.3. The van der Waals surface area contributed by atoms with Crippen LogP contribution in [0.2, 0.25) is 0 Å². The smallest absolute Gasteiger partial charge is 0.232 e. The van der Waals surface area contributed by atoms with Crippen molar-refractivity contribution in [2.45, 2.75) is 20.3 Å². The molecular weight excluding hydrogens is 392 g/mol. The quantitative estimate of drug-likeness (QED) is 0.836. The third-order valence-corrected chi connectivity index (χ3v) is 7.00. The molecule has 8 heteroatoms. The Morgan fingerprint density at radius 3 is 2.57 bits per heavy atom. The van der Waals surface area contributed by atoms with E-state index in [4.69, 9.17) is 4.99 Å². The summed E-state index contributed by atoms with van der Waals surface area (Å²) in [5.41, 5.74) is 10.1. The van der Waals surface area contributed by atoms with Crippen molar-refractivity contribution in [3.05, 3.63) is 58.7 Å². The molecule has 0 spiro atoms. The average Bonchev–Trinajstić information content (AvgIpc) is 3.09. The van der Waals surface area contributed by atoms with Crippen molar-refractivity contribution in [2.24, 2.45) is 10.1 Å². The summed E-state index contributed by atoms with van der Waals surface area (Å²) in [7, 11) is -3.23. The molecule has 1 N–H and O–H groups in total. The Balaban J connectivity index is 1.56. The molecule has 0 aromatic heterocycles. The largest absolute Gasteiger partial charge is 0.270 e. The number of amidine groups is 1. The monoisotopic (exact) mass is 414 g/mol. The minimum Gasteiger partial charge on any atom is -0.270 e. The number of nitrogens with zero attached hydrogens (tertiary/aromatic N) is 3. The number of hydrazone groups is 1. The van der Waals surface area contributed by atoms with E-state index in [-0.39, 0.29) is 0 Å². The van der Waals surface area contributed by atoms with Gasteiger partial charge in [0.1, 0.15) is 0 Å². The van der Waals surface area contributed by atoms with Gasteiger partial charge in [-0.3, -0.25) is 9.73 Å². The standard InChI is InChI=1S/C20H22N4O2S2/c1-13-5-4-6-14(2)19(13)21-20-23-22-17(12-27-20)15-7-8-18-16(11-15)9-10-24(18)28(3,25)26/h4-8,11H,9-10,12H2,1-3H3,(H,21,23). The molecule has 4 rings (SSSR count). The first-order chi connectivity index (χ1) is 13.3. The number of sulfonamides is 1. The summed E-state index contributed by atoms with van der Waals surface area (Å²) in [4.78, 5) is 4.73. The van der Waals surface area contributed by atoms with Gasteiger partial charge in [0, 0.05) is 12.3 Å². The van der Waals surface area contributed by atoms with Gasteiger partial charge >= 0.3 is 0 Å². The molecule has 0 amide bonds. The summed E-state index contributed by atoms with van der Waals surface area (Å²) in [6.45, 7) is 4.61. The number of nitrogens with one attached hydrogen (secondary N) is 1. The van der Waals surface area contributed by atoms with Crippen LogP contribution in [-0.2, 0) is 16.4 Å². The molecule has 0 unspecified atom stereocenters. The summed E-state index contributed by atoms with van der Waals surface area (Å²) >= 11 is 1.62. The van der Waals surface area contributed by atoms with Crippen LogP contribution in [0, 0.1) is 13.8 Å². The molecule has 2 heterocycles. The third-order valence-electron chi connectivity index (χ3n) is 4.95. The Hall–Kier alpha value is -2.32. The van der Waals surface area contributed by atoms with Gasteiger partial charge in [-0.25, -0.2) is 13.4 Å². The highest BCUT2D eigenvalue weighted by atomic mass is 32.2. The normalized spacial score (nSPS) is 18.0. The van der Waals surface area contributed by atoms with Crippen LogP contribution in [-0.4, -0.2) is 37.9 Å². The van der Waals surface area contributed by atoms with E-state index in [1.165, 1.54) is 10.6 Å². The molecule has 6 nitrogen and oxygen atoms in total. The number of benzene rings is 2. The second-order valence-electron chi connectivity index (χ2n) is 7.04. The molecule has 2 aromatic rings. The van der Waals surface area contributed by atoms with Gasteiger partial charge in [-0.05, 0) is 54.7 Å². The lowest BCUT2D eigenvalue weighted by Crippen LogP contribution is -2.27. The Bertz CT molecular complexity index is 1090. The van der Waals surface area contributed by atoms with Gasteiger partial charge in [0.25, 0.3) is 0 Å². The maximum absolute atomic E-state index is 11.9. The minimum absolute atomic E-state index is 0.504. The summed E-state index contributed by atoms with van der Waals surface area (Å²) in [5, 5.41) is 5.30. The molecular formula is C20H22N4O2S2. The summed E-state index contributed by atoms with van der Waals surface area (Å²) in [5.74, 6) is 0.714. The van der Waals surface area contributed by atoms with Gasteiger partial charge in [0.15, 0.2) is 5.17 Å². The van der Waals surface area contributed by atoms with Crippen molar-refractivity contribution in [3.8, 4) is 0 Å². The first-order valence-corrected chi connectivity index (χ1v) is 11.9. The van der Waals surface area contributed by atoms with Crippen LogP contribution >= 0.6 is 11.8 Å². The first kappa shape index (κ1) is 19.0. The summed E-state index contributed by atoms with van der Waals surface area (Å²) in [6.07, 6.45) is 1.97. The summed E-state index contributed by atoms with van der Waals surface area (Å²) in [6, 6.07) is 12.0. The highest BCUT2D eigenvalue weighted by molar-refractivity contribution is 8.14. The molecule has 0 saturated carbocycles. The zero-order valence-electron chi connectivity index (χ0n) is 16.1. The van der Waals surface area contributed by atoms with Crippen LogP contribution in [0.15, 0.2) is 46.5 Å². The van der Waals surface area contributed by atoms with Gasteiger partial charge in [0.05, 0.1) is 23.3 Å². The Kier molecular flexibility index (Phi) is 4.93. The van der Waals surface area contributed by atoms with Crippen LogP contribution in [0.1, 0.15) is 22.3 Å². The van der Waals surface area contributed by atoms with E-state index in [9.17, 15) is 8.42 Å². The number of hydrogen-bond acceptors (Lipinski definition) is 5. The van der Waals surface area contributed by atoms with E-state index in [1.807, 2.05) is 18.2 Å². The lowest BCUT2D eigenvalue weighted by Gasteiger charge is -2.18. The highest BCUT2D eigenvalue weighted by Crippen LogP contribution is 2.31. The molecule has 2 aliphatic heterocycles. The lowest BCUT2D eigenvalue weighted by molar-refractivity contribution is 0.598. The fourth-order valence-corrected chi connectivity index (χ4v) is 5.23. The highest BCUT2D eigenvalue weighted by Gasteiger charge is 2.27. The zero-order valence-corrected chi connectivity index (χ0v) is 17.7. The van der Waals surface area contributed by atoms with Crippen molar-refractivity contribution in [1.82, 2.24) is 5.43 Å². The SMILES string of the molecule is Cc1cccc(C)c1N=C1NN=C(c2ccc3c(c2)CCN3S(C)(=O)=O)CS1. The molecule has 0 atom stereocenters. The molecule has 0 fully saturated rings. The predicted octanol–water partition coefficient (Wildman–Crippen LogP) is 3.35. The van der Waals surface area contributed by atoms with Gasteiger partial charge in [-0.2, -0.15) is 5.10 Å². The maximum Gasteiger partial charge on any atom is 0.232 e. The molecule has 2 aromatic carbocycles. The second kappa shape index (κ2) is 7.25. The van der Waals surface area contributed by atoms with Gasteiger partial charge in [-0.1, -0.05) is 36.0 Å². The van der Waals surface area contributed by atoms with Crippen molar-refractivity contribution in [1.29, 1.82) is 0 Å². The lowest BCUT2D eigenvalue weighted by atomic mass is 10.1. The number of para-hydroxylation sites is 1. The maximum atomic E-state index is 11.9. The Morgan fingerprint density at radius 2 is 1.93 bits per heavy atom. The minimum atomic E-state index is -3.23. The van der Waals surface area contributed by atoms with E-state index in [1.54, 1.807) is 11.8 Å². The van der Waals surface area contributed by atoms with Crippen LogP contribution < -0.4 is 9.73 Å². The number of aryl methyl sites for hydroxylation is 2. The molecule has 2 aliphatic rings. The molecule has 146 valence electrons. The predicted molar refractivity (Wildman–Crippen MR) is 117 cm³/mol. The molecule has 0 aliphatic carbocycles. The van der Waals surface area contributed by atoms with E-state index >= 15 is 0 Å². The average molecular weight is 415 g/mol. The van der Waals surface area contributed by atoms with E-state index in [2.05, 4.69) is 42.6 Å². The zero-order chi connectivity index (χ0) is 19.9. The van der Waals surface area contributed by atoms with E-state index in [0.29, 0.717) is 12.3 Å². The van der Waals surface area contributed by atoms with Gasteiger partial charge in [-0.15, -0.1) is 0 Å². The number of aliphatic imine (C=N–C) groups is 1. The number of thioether (sulfide) groups is 1. The Labute approximate surface area is 169 Å². The fourth-order valence-electron chi connectivity index (χ4n) is 3.50. The van der Waals surface area contributed by atoms with Crippen molar-refractivity contribution in [3.63, 3.8) is 0 Å². The van der Waals surface area contributed by atoms with Crippen molar-refractivity contribution >= 4 is 44.0 Å². The number of anilines is 1. The number of hydrogen-bond donors (Lipinski definition) is 1. The van der Waals surface area contributed by atoms with Crippen LogP contribution in [0.25, 0.3) is 0 Å². The topological polar surface area (TPSA) is 74.1 Å². The molecule has 0 saturated heterocycles. The van der Waals surface area contributed by atoms with Crippen LogP contribution in [0.3, 0.4) is 0 Å².